The Kier molecular flexibility index (Phi) is 4.30. The fourth-order valence-corrected chi connectivity index (χ4v) is 2.58. The fourth-order valence-electron chi connectivity index (χ4n) is 2.58. The zero-order valence-corrected chi connectivity index (χ0v) is 12.1. The smallest absolute Gasteiger partial charge is 0.255 e. The van der Waals surface area contributed by atoms with Crippen LogP contribution in [0.15, 0.2) is 60.7 Å². The molecule has 1 amide bonds. The second-order valence-electron chi connectivity index (χ2n) is 5.30. The van der Waals surface area contributed by atoms with Gasteiger partial charge in [0.1, 0.15) is 12.3 Å². The molecule has 1 saturated heterocycles. The van der Waals surface area contributed by atoms with E-state index in [4.69, 9.17) is 4.74 Å². The topological polar surface area (TPSA) is 46.6 Å². The molecule has 3 rings (SSSR count). The number of benzene rings is 2. The minimum absolute atomic E-state index is 0.128. The molecule has 0 bridgehead atoms. The molecule has 0 radical (unpaired) electrons. The number of ether oxygens (including phenoxy) is 1. The van der Waals surface area contributed by atoms with Crippen LogP contribution in [-0.2, 0) is 27.5 Å². The van der Waals surface area contributed by atoms with Crippen molar-refractivity contribution >= 4 is 12.2 Å². The van der Waals surface area contributed by atoms with Gasteiger partial charge in [-0.25, -0.2) is 0 Å². The standard InChI is InChI=1S/C18H17NO3/c20-12-16-17(22-13-15-9-5-2-6-10-15)18(21)19(16)11-14-7-3-1-4-8-14/h1-10,12,16-17H,11,13H2/t16-,17+/m0/s1. The molecule has 1 fully saturated rings. The van der Waals surface area contributed by atoms with Crippen LogP contribution in [0.3, 0.4) is 0 Å². The number of likely N-dealkylation sites (tertiary alicyclic amines) is 1. The molecule has 2 atom stereocenters. The van der Waals surface area contributed by atoms with Gasteiger partial charge in [0.15, 0.2) is 6.10 Å². The van der Waals surface area contributed by atoms with E-state index < -0.39 is 12.1 Å². The molecular formula is C18H17NO3. The lowest BCUT2D eigenvalue weighted by Gasteiger charge is -2.43. The Morgan fingerprint density at radius 1 is 0.955 bits per heavy atom. The summed E-state index contributed by atoms with van der Waals surface area (Å²) in [4.78, 5) is 25.0. The van der Waals surface area contributed by atoms with Gasteiger partial charge in [0.2, 0.25) is 0 Å². The number of β-lactam (4-membered cyclic amide) rings is 1. The van der Waals surface area contributed by atoms with Crippen molar-refractivity contribution in [3.8, 4) is 0 Å². The highest BCUT2D eigenvalue weighted by atomic mass is 16.5. The van der Waals surface area contributed by atoms with Gasteiger partial charge in [-0.2, -0.15) is 0 Å². The Morgan fingerprint density at radius 3 is 2.14 bits per heavy atom. The largest absolute Gasteiger partial charge is 0.361 e. The SMILES string of the molecule is O=C[C@H]1[C@@H](OCc2ccccc2)C(=O)N1Cc1ccccc1. The molecule has 0 aliphatic carbocycles. The maximum absolute atomic E-state index is 12.2. The lowest BCUT2D eigenvalue weighted by molar-refractivity contribution is -0.177. The molecule has 4 nitrogen and oxygen atoms in total. The van der Waals surface area contributed by atoms with Crippen LogP contribution in [0.25, 0.3) is 0 Å². The van der Waals surface area contributed by atoms with Crippen LogP contribution in [0, 0.1) is 0 Å². The molecule has 0 aromatic heterocycles. The second-order valence-corrected chi connectivity index (χ2v) is 5.30. The van der Waals surface area contributed by atoms with Gasteiger partial charge in [-0.05, 0) is 11.1 Å². The van der Waals surface area contributed by atoms with Gasteiger partial charge < -0.3 is 14.4 Å². The van der Waals surface area contributed by atoms with E-state index in [0.29, 0.717) is 13.2 Å². The van der Waals surface area contributed by atoms with Crippen LogP contribution in [0.1, 0.15) is 11.1 Å². The second kappa shape index (κ2) is 6.54. The van der Waals surface area contributed by atoms with Crippen LogP contribution < -0.4 is 0 Å². The van der Waals surface area contributed by atoms with Crippen LogP contribution in [0.4, 0.5) is 0 Å². The molecule has 22 heavy (non-hydrogen) atoms. The third-order valence-corrected chi connectivity index (χ3v) is 3.80. The highest BCUT2D eigenvalue weighted by Crippen LogP contribution is 2.25. The number of rotatable bonds is 6. The fraction of sp³-hybridized carbons (Fsp3) is 0.222. The average molecular weight is 295 g/mol. The van der Waals surface area contributed by atoms with Gasteiger partial charge in [-0.1, -0.05) is 60.7 Å². The van der Waals surface area contributed by atoms with E-state index in [-0.39, 0.29) is 5.91 Å². The number of carbonyl (C=O) groups is 2. The normalized spacial score (nSPS) is 20.5. The highest BCUT2D eigenvalue weighted by Gasteiger charge is 2.48. The predicted molar refractivity (Wildman–Crippen MR) is 81.9 cm³/mol. The van der Waals surface area contributed by atoms with Crippen molar-refractivity contribution in [1.82, 2.24) is 4.90 Å². The Balaban J connectivity index is 1.60. The summed E-state index contributed by atoms with van der Waals surface area (Å²) >= 11 is 0. The first-order chi connectivity index (χ1) is 10.8. The third-order valence-electron chi connectivity index (χ3n) is 3.80. The molecule has 2 aromatic rings. The number of aldehydes is 1. The first-order valence-electron chi connectivity index (χ1n) is 7.25. The quantitative estimate of drug-likeness (QED) is 0.606. The average Bonchev–Trinajstić information content (AvgIpc) is 2.58. The summed E-state index contributed by atoms with van der Waals surface area (Å²) in [6.07, 6.45) is 0.126. The van der Waals surface area contributed by atoms with Crippen molar-refractivity contribution < 1.29 is 14.3 Å². The molecule has 0 saturated carbocycles. The molecule has 0 spiro atoms. The van der Waals surface area contributed by atoms with Crippen LogP contribution >= 0.6 is 0 Å². The van der Waals surface area contributed by atoms with E-state index in [9.17, 15) is 9.59 Å². The number of hydrogen-bond donors (Lipinski definition) is 0. The molecule has 0 unspecified atom stereocenters. The van der Waals surface area contributed by atoms with Gasteiger partial charge >= 0.3 is 0 Å². The summed E-state index contributed by atoms with van der Waals surface area (Å²) < 4.78 is 5.63. The van der Waals surface area contributed by atoms with Crippen LogP contribution in [-0.4, -0.2) is 29.2 Å². The van der Waals surface area contributed by atoms with Crippen molar-refractivity contribution in [1.29, 1.82) is 0 Å². The first-order valence-corrected chi connectivity index (χ1v) is 7.25. The molecule has 2 aromatic carbocycles. The van der Waals surface area contributed by atoms with Gasteiger partial charge in [0.05, 0.1) is 6.61 Å². The summed E-state index contributed by atoms with van der Waals surface area (Å²) in [6.45, 7) is 0.773. The lowest BCUT2D eigenvalue weighted by atomic mass is 9.98. The minimum Gasteiger partial charge on any atom is -0.361 e. The van der Waals surface area contributed by atoms with E-state index in [1.165, 1.54) is 0 Å². The number of amides is 1. The van der Waals surface area contributed by atoms with Gasteiger partial charge in [0, 0.05) is 6.54 Å². The summed E-state index contributed by atoms with van der Waals surface area (Å²) in [6, 6.07) is 18.7. The Bertz CT molecular complexity index is 642. The van der Waals surface area contributed by atoms with Crippen LogP contribution in [0.2, 0.25) is 0 Å². The summed E-state index contributed by atoms with van der Waals surface area (Å²) in [5.41, 5.74) is 1.99. The van der Waals surface area contributed by atoms with E-state index in [2.05, 4.69) is 0 Å². The van der Waals surface area contributed by atoms with Gasteiger partial charge in [-0.15, -0.1) is 0 Å². The number of nitrogens with zero attached hydrogens (tertiary/aromatic N) is 1. The zero-order valence-electron chi connectivity index (χ0n) is 12.1. The molecule has 0 N–H and O–H groups in total. The van der Waals surface area contributed by atoms with Gasteiger partial charge in [0.25, 0.3) is 5.91 Å². The molecular weight excluding hydrogens is 278 g/mol. The van der Waals surface area contributed by atoms with Crippen molar-refractivity contribution in [2.75, 3.05) is 0 Å². The van der Waals surface area contributed by atoms with Crippen molar-refractivity contribution in [3.63, 3.8) is 0 Å². The van der Waals surface area contributed by atoms with E-state index in [1.807, 2.05) is 60.7 Å². The van der Waals surface area contributed by atoms with Crippen LogP contribution in [0.5, 0.6) is 0 Å². The Hall–Kier alpha value is -2.46. The zero-order chi connectivity index (χ0) is 15.4. The molecule has 1 heterocycles. The molecule has 112 valence electrons. The molecule has 1 aliphatic heterocycles. The molecule has 4 heteroatoms. The minimum atomic E-state index is -0.665. The first kappa shape index (κ1) is 14.5. The monoisotopic (exact) mass is 295 g/mol. The van der Waals surface area contributed by atoms with Gasteiger partial charge in [-0.3, -0.25) is 4.79 Å². The van der Waals surface area contributed by atoms with E-state index in [1.54, 1.807) is 4.90 Å². The number of carbonyl (C=O) groups excluding carboxylic acids is 2. The summed E-state index contributed by atoms with van der Waals surface area (Å²) in [7, 11) is 0. The van der Waals surface area contributed by atoms with Crippen molar-refractivity contribution in [2.45, 2.75) is 25.3 Å². The molecule has 1 aliphatic rings. The Morgan fingerprint density at radius 2 is 1.55 bits per heavy atom. The van der Waals surface area contributed by atoms with E-state index in [0.717, 1.165) is 17.4 Å². The van der Waals surface area contributed by atoms with Crippen molar-refractivity contribution in [3.05, 3.63) is 71.8 Å². The highest BCUT2D eigenvalue weighted by molar-refractivity contribution is 5.95. The third kappa shape index (κ3) is 2.92. The summed E-state index contributed by atoms with van der Waals surface area (Å²) in [5, 5.41) is 0. The maximum Gasteiger partial charge on any atom is 0.255 e. The number of hydrogen-bond acceptors (Lipinski definition) is 3. The lowest BCUT2D eigenvalue weighted by Crippen LogP contribution is -2.65. The van der Waals surface area contributed by atoms with E-state index >= 15 is 0 Å². The maximum atomic E-state index is 12.2. The summed E-state index contributed by atoms with van der Waals surface area (Å²) in [5.74, 6) is -0.128. The Labute approximate surface area is 129 Å². The van der Waals surface area contributed by atoms with Crippen molar-refractivity contribution in [2.24, 2.45) is 0 Å². The predicted octanol–water partition coefficient (Wildman–Crippen LogP) is 2.18.